The van der Waals surface area contributed by atoms with E-state index in [0.29, 0.717) is 5.02 Å². The first-order valence-electron chi connectivity index (χ1n) is 5.20. The summed E-state index contributed by atoms with van der Waals surface area (Å²) in [5, 5.41) is 0.682. The SMILES string of the molecule is NC(C1=COCCC1)c1cccc(Br)c1Cl. The lowest BCUT2D eigenvalue weighted by Gasteiger charge is -2.21. The highest BCUT2D eigenvalue weighted by atomic mass is 79.9. The van der Waals surface area contributed by atoms with Crippen LogP contribution in [0.25, 0.3) is 0 Å². The molecule has 2 nitrogen and oxygen atoms in total. The van der Waals surface area contributed by atoms with Crippen molar-refractivity contribution in [2.24, 2.45) is 5.73 Å². The lowest BCUT2D eigenvalue weighted by Crippen LogP contribution is -2.16. The van der Waals surface area contributed by atoms with E-state index in [1.807, 2.05) is 18.2 Å². The van der Waals surface area contributed by atoms with E-state index in [-0.39, 0.29) is 6.04 Å². The first-order valence-corrected chi connectivity index (χ1v) is 6.37. The average molecular weight is 303 g/mol. The normalized spacial score (nSPS) is 17.6. The van der Waals surface area contributed by atoms with Gasteiger partial charge in [-0.3, -0.25) is 0 Å². The van der Waals surface area contributed by atoms with Crippen molar-refractivity contribution in [3.63, 3.8) is 0 Å². The molecule has 2 N–H and O–H groups in total. The maximum Gasteiger partial charge on any atom is 0.0876 e. The fraction of sp³-hybridized carbons (Fsp3) is 0.333. The Kier molecular flexibility index (Phi) is 3.90. The Balaban J connectivity index is 2.29. The highest BCUT2D eigenvalue weighted by Crippen LogP contribution is 2.34. The third-order valence-corrected chi connectivity index (χ3v) is 3.99. The van der Waals surface area contributed by atoms with Crippen LogP contribution in [0.15, 0.2) is 34.5 Å². The van der Waals surface area contributed by atoms with Gasteiger partial charge in [-0.2, -0.15) is 0 Å². The molecule has 0 aromatic heterocycles. The molecular weight excluding hydrogens is 289 g/mol. The molecule has 1 aliphatic heterocycles. The first kappa shape index (κ1) is 12.0. The second-order valence-electron chi connectivity index (χ2n) is 3.79. The number of hydrogen-bond acceptors (Lipinski definition) is 2. The third-order valence-electron chi connectivity index (χ3n) is 2.68. The number of hydrogen-bond donors (Lipinski definition) is 1. The number of rotatable bonds is 2. The van der Waals surface area contributed by atoms with Gasteiger partial charge in [0.1, 0.15) is 0 Å². The molecule has 1 aromatic rings. The van der Waals surface area contributed by atoms with E-state index in [9.17, 15) is 0 Å². The maximum atomic E-state index is 6.21. The van der Waals surface area contributed by atoms with Gasteiger partial charge in [-0.05, 0) is 46.0 Å². The summed E-state index contributed by atoms with van der Waals surface area (Å²) < 4.78 is 6.17. The van der Waals surface area contributed by atoms with Crippen molar-refractivity contribution in [2.75, 3.05) is 6.61 Å². The van der Waals surface area contributed by atoms with Crippen LogP contribution in [0.3, 0.4) is 0 Å². The molecule has 86 valence electrons. The van der Waals surface area contributed by atoms with E-state index in [1.54, 1.807) is 6.26 Å². The maximum absolute atomic E-state index is 6.21. The summed E-state index contributed by atoms with van der Waals surface area (Å²) in [6, 6.07) is 5.62. The Morgan fingerprint density at radius 3 is 2.94 bits per heavy atom. The van der Waals surface area contributed by atoms with Crippen LogP contribution in [0.5, 0.6) is 0 Å². The summed E-state index contributed by atoms with van der Waals surface area (Å²) in [5.74, 6) is 0. The van der Waals surface area contributed by atoms with Crippen LogP contribution in [0, 0.1) is 0 Å². The minimum atomic E-state index is -0.176. The van der Waals surface area contributed by atoms with Crippen LogP contribution >= 0.6 is 27.5 Å². The molecule has 1 aromatic carbocycles. The van der Waals surface area contributed by atoms with Gasteiger partial charge in [0, 0.05) is 4.47 Å². The largest absolute Gasteiger partial charge is 0.501 e. The van der Waals surface area contributed by atoms with Crippen LogP contribution in [0.4, 0.5) is 0 Å². The predicted octanol–water partition coefficient (Wildman–Crippen LogP) is 3.80. The van der Waals surface area contributed by atoms with Gasteiger partial charge in [0.25, 0.3) is 0 Å². The molecule has 1 aliphatic rings. The van der Waals surface area contributed by atoms with Gasteiger partial charge >= 0.3 is 0 Å². The van der Waals surface area contributed by atoms with Crippen molar-refractivity contribution in [3.05, 3.63) is 45.1 Å². The molecule has 0 saturated heterocycles. The Morgan fingerprint density at radius 1 is 1.44 bits per heavy atom. The van der Waals surface area contributed by atoms with Crippen molar-refractivity contribution in [1.82, 2.24) is 0 Å². The Morgan fingerprint density at radius 2 is 2.25 bits per heavy atom. The fourth-order valence-electron chi connectivity index (χ4n) is 1.77. The molecule has 0 bridgehead atoms. The van der Waals surface area contributed by atoms with E-state index in [1.165, 1.54) is 0 Å². The van der Waals surface area contributed by atoms with Gasteiger partial charge in [0.05, 0.1) is 23.9 Å². The lowest BCUT2D eigenvalue weighted by molar-refractivity contribution is 0.221. The average Bonchev–Trinajstić information content (AvgIpc) is 2.33. The van der Waals surface area contributed by atoms with Crippen LogP contribution < -0.4 is 5.73 Å². The zero-order valence-corrected chi connectivity index (χ0v) is 11.1. The molecule has 0 fully saturated rings. The van der Waals surface area contributed by atoms with E-state index in [2.05, 4.69) is 15.9 Å². The Labute approximate surface area is 109 Å². The molecule has 1 atom stereocenters. The predicted molar refractivity (Wildman–Crippen MR) is 69.3 cm³/mol. The summed E-state index contributed by atoms with van der Waals surface area (Å²) in [5.41, 5.74) is 8.23. The van der Waals surface area contributed by atoms with Crippen molar-refractivity contribution >= 4 is 27.5 Å². The van der Waals surface area contributed by atoms with Gasteiger partial charge in [-0.25, -0.2) is 0 Å². The van der Waals surface area contributed by atoms with Crippen molar-refractivity contribution < 1.29 is 4.74 Å². The number of ether oxygens (including phenoxy) is 1. The molecule has 1 unspecified atom stereocenters. The van der Waals surface area contributed by atoms with Gasteiger partial charge in [0.15, 0.2) is 0 Å². The monoisotopic (exact) mass is 301 g/mol. The molecule has 1 heterocycles. The molecule has 0 aliphatic carbocycles. The lowest BCUT2D eigenvalue weighted by atomic mass is 9.96. The molecule has 4 heteroatoms. The Bertz CT molecular complexity index is 419. The minimum Gasteiger partial charge on any atom is -0.501 e. The first-order chi connectivity index (χ1) is 7.70. The minimum absolute atomic E-state index is 0.176. The fourth-order valence-corrected chi connectivity index (χ4v) is 2.40. The molecule has 2 rings (SSSR count). The standard InChI is InChI=1S/C12H13BrClNO/c13-10-5-1-4-9(11(10)14)12(15)8-3-2-6-16-7-8/h1,4-5,7,12H,2-3,6,15H2. The molecule has 0 radical (unpaired) electrons. The van der Waals surface area contributed by atoms with Crippen LogP contribution in [0.2, 0.25) is 5.02 Å². The second-order valence-corrected chi connectivity index (χ2v) is 5.02. The number of nitrogens with two attached hydrogens (primary N) is 1. The number of benzene rings is 1. The van der Waals surface area contributed by atoms with Crippen LogP contribution in [-0.4, -0.2) is 6.61 Å². The van der Waals surface area contributed by atoms with Gasteiger partial charge in [-0.15, -0.1) is 0 Å². The van der Waals surface area contributed by atoms with E-state index >= 15 is 0 Å². The molecule has 0 amide bonds. The van der Waals surface area contributed by atoms with Crippen molar-refractivity contribution in [3.8, 4) is 0 Å². The van der Waals surface area contributed by atoms with Crippen LogP contribution in [-0.2, 0) is 4.74 Å². The highest BCUT2D eigenvalue weighted by molar-refractivity contribution is 9.10. The van der Waals surface area contributed by atoms with Gasteiger partial charge in [0.2, 0.25) is 0 Å². The topological polar surface area (TPSA) is 35.2 Å². The van der Waals surface area contributed by atoms with E-state index in [4.69, 9.17) is 22.1 Å². The molecule has 16 heavy (non-hydrogen) atoms. The summed E-state index contributed by atoms with van der Waals surface area (Å²) >= 11 is 9.61. The quantitative estimate of drug-likeness (QED) is 0.902. The van der Waals surface area contributed by atoms with E-state index < -0.39 is 0 Å². The molecule has 0 saturated carbocycles. The second kappa shape index (κ2) is 5.21. The highest BCUT2D eigenvalue weighted by Gasteiger charge is 2.18. The third kappa shape index (κ3) is 2.42. The smallest absolute Gasteiger partial charge is 0.0876 e. The summed E-state index contributed by atoms with van der Waals surface area (Å²) in [6.07, 6.45) is 3.76. The molecule has 0 spiro atoms. The van der Waals surface area contributed by atoms with Crippen molar-refractivity contribution in [2.45, 2.75) is 18.9 Å². The Hall–Kier alpha value is -0.510. The van der Waals surface area contributed by atoms with E-state index in [0.717, 1.165) is 35.1 Å². The zero-order chi connectivity index (χ0) is 11.5. The zero-order valence-electron chi connectivity index (χ0n) is 8.75. The molecular formula is C12H13BrClNO. The van der Waals surface area contributed by atoms with Crippen molar-refractivity contribution in [1.29, 1.82) is 0 Å². The van der Waals surface area contributed by atoms with Gasteiger partial charge in [-0.1, -0.05) is 23.7 Å². The summed E-state index contributed by atoms with van der Waals surface area (Å²) in [6.45, 7) is 0.780. The summed E-state index contributed by atoms with van der Waals surface area (Å²) in [7, 11) is 0. The summed E-state index contributed by atoms with van der Waals surface area (Å²) in [4.78, 5) is 0. The van der Waals surface area contributed by atoms with Gasteiger partial charge < -0.3 is 10.5 Å². The van der Waals surface area contributed by atoms with Crippen LogP contribution in [0.1, 0.15) is 24.4 Å². The number of halogens is 2.